The predicted octanol–water partition coefficient (Wildman–Crippen LogP) is 2.83. The normalized spacial score (nSPS) is 23.2. The molecule has 0 radical (unpaired) electrons. The number of benzene rings is 1. The van der Waals surface area contributed by atoms with Crippen LogP contribution < -0.4 is 5.32 Å². The Labute approximate surface area is 154 Å². The number of carbonyl (C=O) groups excluding carboxylic acids is 1. The minimum atomic E-state index is -0.414. The fourth-order valence-electron chi connectivity index (χ4n) is 3.08. The molecule has 1 aromatic carbocycles. The highest BCUT2D eigenvalue weighted by molar-refractivity contribution is 5.76. The van der Waals surface area contributed by atoms with Crippen LogP contribution >= 0.6 is 0 Å². The first-order chi connectivity index (χ1) is 12.7. The molecule has 0 aromatic heterocycles. The lowest BCUT2D eigenvalue weighted by Crippen LogP contribution is -2.50. The van der Waals surface area contributed by atoms with Gasteiger partial charge in [0, 0.05) is 32.3 Å². The third-order valence-corrected chi connectivity index (χ3v) is 4.76. The highest BCUT2D eigenvalue weighted by Crippen LogP contribution is 2.37. The van der Waals surface area contributed by atoms with Gasteiger partial charge in [-0.25, -0.2) is 0 Å². The Bertz CT molecular complexity index is 663. The smallest absolute Gasteiger partial charge is 0.220 e. The molecular formula is C20H25N3O3. The van der Waals surface area contributed by atoms with Gasteiger partial charge < -0.3 is 14.8 Å². The molecule has 2 heterocycles. The molecule has 2 unspecified atom stereocenters. The SMILES string of the molecule is C#CCCC1(CCC(=O)NC2CCOCC2OCc2ccccc2)N=N1. The second kappa shape index (κ2) is 8.93. The van der Waals surface area contributed by atoms with Gasteiger partial charge in [-0.2, -0.15) is 10.2 Å². The molecule has 1 saturated heterocycles. The Hall–Kier alpha value is -2.23. The zero-order valence-corrected chi connectivity index (χ0v) is 14.9. The molecule has 138 valence electrons. The van der Waals surface area contributed by atoms with E-state index in [4.69, 9.17) is 15.9 Å². The average molecular weight is 355 g/mol. The van der Waals surface area contributed by atoms with Crippen molar-refractivity contribution in [2.24, 2.45) is 10.2 Å². The molecule has 2 aliphatic rings. The predicted molar refractivity (Wildman–Crippen MR) is 97.3 cm³/mol. The summed E-state index contributed by atoms with van der Waals surface area (Å²) < 4.78 is 11.5. The summed E-state index contributed by atoms with van der Waals surface area (Å²) >= 11 is 0. The summed E-state index contributed by atoms with van der Waals surface area (Å²) in [4.78, 5) is 12.3. The Morgan fingerprint density at radius 1 is 1.35 bits per heavy atom. The lowest BCUT2D eigenvalue weighted by molar-refractivity contribution is -0.126. The molecule has 1 N–H and O–H groups in total. The van der Waals surface area contributed by atoms with Crippen molar-refractivity contribution in [3.8, 4) is 12.3 Å². The van der Waals surface area contributed by atoms with Gasteiger partial charge >= 0.3 is 0 Å². The molecule has 26 heavy (non-hydrogen) atoms. The Morgan fingerprint density at radius 2 is 2.15 bits per heavy atom. The number of rotatable bonds is 9. The second-order valence-electron chi connectivity index (χ2n) is 6.76. The number of ether oxygens (including phenoxy) is 2. The van der Waals surface area contributed by atoms with Crippen molar-refractivity contribution >= 4 is 5.91 Å². The first-order valence-corrected chi connectivity index (χ1v) is 9.11. The molecule has 1 aromatic rings. The quantitative estimate of drug-likeness (QED) is 0.692. The van der Waals surface area contributed by atoms with Gasteiger partial charge in [0.2, 0.25) is 5.91 Å². The molecule has 6 nitrogen and oxygen atoms in total. The summed E-state index contributed by atoms with van der Waals surface area (Å²) in [6.07, 6.45) is 8.25. The van der Waals surface area contributed by atoms with E-state index in [1.54, 1.807) is 0 Å². The number of nitrogens with zero attached hydrogens (tertiary/aromatic N) is 2. The molecular weight excluding hydrogens is 330 g/mol. The number of hydrogen-bond acceptors (Lipinski definition) is 5. The lowest BCUT2D eigenvalue weighted by Gasteiger charge is -2.32. The van der Waals surface area contributed by atoms with Gasteiger partial charge in [-0.05, 0) is 12.0 Å². The average Bonchev–Trinajstić information content (AvgIpc) is 3.45. The van der Waals surface area contributed by atoms with Crippen LogP contribution in [0.2, 0.25) is 0 Å². The maximum atomic E-state index is 12.3. The van der Waals surface area contributed by atoms with E-state index in [1.807, 2.05) is 30.3 Å². The van der Waals surface area contributed by atoms with E-state index in [9.17, 15) is 4.79 Å². The molecule has 0 bridgehead atoms. The monoisotopic (exact) mass is 355 g/mol. The van der Waals surface area contributed by atoms with Crippen molar-refractivity contribution in [2.75, 3.05) is 13.2 Å². The lowest BCUT2D eigenvalue weighted by atomic mass is 10.0. The number of terminal acetylenes is 1. The Balaban J connectivity index is 1.44. The van der Waals surface area contributed by atoms with Crippen molar-refractivity contribution in [2.45, 2.75) is 56.5 Å². The van der Waals surface area contributed by atoms with E-state index in [1.165, 1.54) is 0 Å². The highest BCUT2D eigenvalue weighted by atomic mass is 16.5. The first kappa shape index (κ1) is 18.6. The van der Waals surface area contributed by atoms with Crippen molar-refractivity contribution in [3.05, 3.63) is 35.9 Å². The second-order valence-corrected chi connectivity index (χ2v) is 6.76. The minimum absolute atomic E-state index is 0.00240. The maximum absolute atomic E-state index is 12.3. The number of nitrogens with one attached hydrogen (secondary N) is 1. The van der Waals surface area contributed by atoms with Crippen LogP contribution in [0.5, 0.6) is 0 Å². The Morgan fingerprint density at radius 3 is 2.88 bits per heavy atom. The van der Waals surface area contributed by atoms with Crippen molar-refractivity contribution < 1.29 is 14.3 Å². The van der Waals surface area contributed by atoms with Gasteiger partial charge in [0.25, 0.3) is 0 Å². The number of hydrogen-bond donors (Lipinski definition) is 1. The molecule has 1 fully saturated rings. The van der Waals surface area contributed by atoms with E-state index in [2.05, 4.69) is 21.5 Å². The van der Waals surface area contributed by atoms with Crippen LogP contribution in [-0.2, 0) is 20.9 Å². The zero-order valence-electron chi connectivity index (χ0n) is 14.9. The van der Waals surface area contributed by atoms with Gasteiger partial charge in [-0.15, -0.1) is 12.3 Å². The molecule has 0 saturated carbocycles. The van der Waals surface area contributed by atoms with Crippen LogP contribution in [0.1, 0.15) is 37.7 Å². The van der Waals surface area contributed by atoms with Crippen molar-refractivity contribution in [3.63, 3.8) is 0 Å². The third kappa shape index (κ3) is 5.38. The van der Waals surface area contributed by atoms with Crippen LogP contribution in [0.4, 0.5) is 0 Å². The molecule has 0 spiro atoms. The van der Waals surface area contributed by atoms with Gasteiger partial charge in [-0.3, -0.25) is 4.79 Å². The van der Waals surface area contributed by atoms with E-state index in [0.717, 1.165) is 18.4 Å². The van der Waals surface area contributed by atoms with Crippen LogP contribution in [0.15, 0.2) is 40.6 Å². The maximum Gasteiger partial charge on any atom is 0.220 e. The standard InChI is InChI=1S/C20H25N3O3/c1-2-3-11-20(22-23-20)12-9-19(24)21-17-10-13-25-15-18(17)26-14-16-7-5-4-6-8-16/h1,4-8,17-18H,3,9-15H2,(H,21,24). The van der Waals surface area contributed by atoms with Crippen molar-refractivity contribution in [1.82, 2.24) is 5.32 Å². The summed E-state index contributed by atoms with van der Waals surface area (Å²) in [6.45, 7) is 1.63. The first-order valence-electron chi connectivity index (χ1n) is 9.11. The summed E-state index contributed by atoms with van der Waals surface area (Å²) in [7, 11) is 0. The fourth-order valence-corrected chi connectivity index (χ4v) is 3.08. The summed E-state index contributed by atoms with van der Waals surface area (Å²) in [6, 6.07) is 9.96. The van der Waals surface area contributed by atoms with Crippen LogP contribution in [0, 0.1) is 12.3 Å². The van der Waals surface area contributed by atoms with Crippen LogP contribution in [0.3, 0.4) is 0 Å². The number of carbonyl (C=O) groups is 1. The largest absolute Gasteiger partial charge is 0.379 e. The summed E-state index contributed by atoms with van der Waals surface area (Å²) in [5.74, 6) is 2.60. The number of amides is 1. The van der Waals surface area contributed by atoms with E-state index >= 15 is 0 Å². The van der Waals surface area contributed by atoms with Gasteiger partial charge in [0.1, 0.15) is 6.10 Å². The molecule has 6 heteroatoms. The molecule has 1 amide bonds. The van der Waals surface area contributed by atoms with E-state index in [-0.39, 0.29) is 18.1 Å². The summed E-state index contributed by atoms with van der Waals surface area (Å²) in [5.41, 5.74) is 0.693. The Kier molecular flexibility index (Phi) is 6.37. The topological polar surface area (TPSA) is 72.3 Å². The molecule has 3 rings (SSSR count). The highest BCUT2D eigenvalue weighted by Gasteiger charge is 2.39. The fraction of sp³-hybridized carbons (Fsp3) is 0.550. The van der Waals surface area contributed by atoms with E-state index < -0.39 is 5.66 Å². The minimum Gasteiger partial charge on any atom is -0.379 e. The van der Waals surface area contributed by atoms with Gasteiger partial charge in [-0.1, -0.05) is 30.3 Å². The molecule has 2 atom stereocenters. The zero-order chi connectivity index (χ0) is 18.2. The van der Waals surface area contributed by atoms with Gasteiger partial charge in [0.15, 0.2) is 5.66 Å². The molecule has 2 aliphatic heterocycles. The van der Waals surface area contributed by atoms with Crippen LogP contribution in [-0.4, -0.2) is 36.9 Å². The van der Waals surface area contributed by atoms with Crippen molar-refractivity contribution in [1.29, 1.82) is 0 Å². The molecule has 0 aliphatic carbocycles. The van der Waals surface area contributed by atoms with Gasteiger partial charge in [0.05, 0.1) is 19.3 Å². The van der Waals surface area contributed by atoms with Crippen LogP contribution in [0.25, 0.3) is 0 Å². The van der Waals surface area contributed by atoms with E-state index in [0.29, 0.717) is 39.1 Å². The third-order valence-electron chi connectivity index (χ3n) is 4.76. The summed E-state index contributed by atoms with van der Waals surface area (Å²) in [5, 5.41) is 11.2.